The molecule has 5 nitrogen and oxygen atoms in total. The van der Waals surface area contributed by atoms with Crippen molar-refractivity contribution in [1.82, 2.24) is 10.2 Å². The topological polar surface area (TPSA) is 75.2 Å². The van der Waals surface area contributed by atoms with Crippen LogP contribution in [0.4, 0.5) is 0 Å². The van der Waals surface area contributed by atoms with Gasteiger partial charge in [-0.25, -0.2) is 4.79 Å². The normalized spacial score (nSPS) is 10.7. The van der Waals surface area contributed by atoms with Crippen molar-refractivity contribution in [3.05, 3.63) is 48.2 Å². The molecule has 0 radical (unpaired) electrons. The molecular formula is C16H14N2O3. The monoisotopic (exact) mass is 282 g/mol. The molecule has 0 fully saturated rings. The summed E-state index contributed by atoms with van der Waals surface area (Å²) in [6, 6.07) is 13.3. The zero-order chi connectivity index (χ0) is 14.8. The van der Waals surface area contributed by atoms with E-state index in [1.807, 2.05) is 43.3 Å². The molecule has 1 heterocycles. The van der Waals surface area contributed by atoms with E-state index in [4.69, 9.17) is 9.84 Å². The number of ether oxygens (including phenoxy) is 1. The van der Waals surface area contributed by atoms with E-state index in [0.717, 1.165) is 16.3 Å². The number of carboxylic acid groups (broad SMARTS) is 1. The van der Waals surface area contributed by atoms with E-state index in [1.54, 1.807) is 0 Å². The van der Waals surface area contributed by atoms with Crippen LogP contribution < -0.4 is 4.74 Å². The lowest BCUT2D eigenvalue weighted by molar-refractivity contribution is 0.0690. The summed E-state index contributed by atoms with van der Waals surface area (Å²) in [7, 11) is 0. The first-order valence-corrected chi connectivity index (χ1v) is 6.64. The molecule has 0 aliphatic rings. The number of H-pyrrole nitrogens is 1. The van der Waals surface area contributed by atoms with Crippen LogP contribution in [0, 0.1) is 0 Å². The Morgan fingerprint density at radius 1 is 1.29 bits per heavy atom. The van der Waals surface area contributed by atoms with Gasteiger partial charge in [-0.1, -0.05) is 30.3 Å². The number of aromatic amines is 1. The fourth-order valence-electron chi connectivity index (χ4n) is 2.35. The Hall–Kier alpha value is -2.82. The molecule has 1 aromatic heterocycles. The Morgan fingerprint density at radius 3 is 2.81 bits per heavy atom. The van der Waals surface area contributed by atoms with Crippen LogP contribution in [-0.4, -0.2) is 27.9 Å². The van der Waals surface area contributed by atoms with Crippen LogP contribution in [0.3, 0.4) is 0 Å². The van der Waals surface area contributed by atoms with Crippen LogP contribution >= 0.6 is 0 Å². The van der Waals surface area contributed by atoms with Gasteiger partial charge in [-0.3, -0.25) is 5.10 Å². The van der Waals surface area contributed by atoms with Crippen molar-refractivity contribution in [2.75, 3.05) is 6.61 Å². The van der Waals surface area contributed by atoms with Gasteiger partial charge in [0.1, 0.15) is 11.4 Å². The van der Waals surface area contributed by atoms with E-state index >= 15 is 0 Å². The number of aromatic nitrogens is 2. The molecule has 106 valence electrons. The smallest absolute Gasteiger partial charge is 0.353 e. The van der Waals surface area contributed by atoms with Gasteiger partial charge in [0.2, 0.25) is 0 Å². The van der Waals surface area contributed by atoms with Crippen molar-refractivity contribution >= 4 is 16.7 Å². The molecule has 0 unspecified atom stereocenters. The summed E-state index contributed by atoms with van der Waals surface area (Å²) in [5, 5.41) is 17.7. The third-order valence-corrected chi connectivity index (χ3v) is 3.26. The van der Waals surface area contributed by atoms with Crippen molar-refractivity contribution in [3.8, 4) is 17.0 Å². The van der Waals surface area contributed by atoms with E-state index in [0.29, 0.717) is 18.1 Å². The lowest BCUT2D eigenvalue weighted by Crippen LogP contribution is -1.95. The lowest BCUT2D eigenvalue weighted by Gasteiger charge is -2.11. The van der Waals surface area contributed by atoms with Crippen LogP contribution in [0.15, 0.2) is 42.5 Å². The molecule has 0 amide bonds. The van der Waals surface area contributed by atoms with Crippen LogP contribution in [0.5, 0.6) is 5.75 Å². The highest BCUT2D eigenvalue weighted by Gasteiger charge is 2.16. The SMILES string of the molecule is CCOc1ccc2ccccc2c1-c1cc(C(=O)O)[nH]n1. The molecule has 0 atom stereocenters. The molecule has 0 saturated heterocycles. The highest BCUT2D eigenvalue weighted by atomic mass is 16.5. The predicted molar refractivity (Wildman–Crippen MR) is 79.7 cm³/mol. The number of nitrogens with zero attached hydrogens (tertiary/aromatic N) is 1. The minimum atomic E-state index is -1.04. The van der Waals surface area contributed by atoms with Gasteiger partial charge in [0.05, 0.1) is 17.9 Å². The fraction of sp³-hybridized carbons (Fsp3) is 0.125. The van der Waals surface area contributed by atoms with Gasteiger partial charge in [-0.15, -0.1) is 0 Å². The number of nitrogens with one attached hydrogen (secondary N) is 1. The standard InChI is InChI=1S/C16H14N2O3/c1-2-21-14-8-7-10-5-3-4-6-11(10)15(14)12-9-13(16(19)20)18-17-12/h3-9H,2H2,1H3,(H,17,18)(H,19,20). The van der Waals surface area contributed by atoms with Crippen molar-refractivity contribution < 1.29 is 14.6 Å². The number of hydrogen-bond acceptors (Lipinski definition) is 3. The second-order valence-corrected chi connectivity index (χ2v) is 4.56. The van der Waals surface area contributed by atoms with Gasteiger partial charge in [0.25, 0.3) is 0 Å². The molecule has 2 aromatic carbocycles. The van der Waals surface area contributed by atoms with E-state index in [9.17, 15) is 4.79 Å². The van der Waals surface area contributed by atoms with E-state index in [-0.39, 0.29) is 5.69 Å². The van der Waals surface area contributed by atoms with E-state index in [1.165, 1.54) is 6.07 Å². The van der Waals surface area contributed by atoms with Crippen LogP contribution in [-0.2, 0) is 0 Å². The zero-order valence-electron chi connectivity index (χ0n) is 11.5. The van der Waals surface area contributed by atoms with E-state index < -0.39 is 5.97 Å². The molecule has 0 spiro atoms. The maximum Gasteiger partial charge on any atom is 0.353 e. The molecule has 0 aliphatic heterocycles. The van der Waals surface area contributed by atoms with Gasteiger partial charge in [-0.2, -0.15) is 5.10 Å². The van der Waals surface area contributed by atoms with Gasteiger partial charge in [-0.05, 0) is 29.8 Å². The van der Waals surface area contributed by atoms with Gasteiger partial charge in [0, 0.05) is 0 Å². The number of aromatic carboxylic acids is 1. The first kappa shape index (κ1) is 13.2. The number of carbonyl (C=O) groups is 1. The third kappa shape index (κ3) is 2.33. The van der Waals surface area contributed by atoms with Gasteiger partial charge < -0.3 is 9.84 Å². The Labute approximate surface area is 121 Å². The Kier molecular flexibility index (Phi) is 3.31. The Balaban J connectivity index is 2.26. The third-order valence-electron chi connectivity index (χ3n) is 3.26. The first-order chi connectivity index (χ1) is 10.2. The summed E-state index contributed by atoms with van der Waals surface area (Å²) in [4.78, 5) is 11.0. The minimum absolute atomic E-state index is 0.0559. The summed E-state index contributed by atoms with van der Waals surface area (Å²) in [5.41, 5.74) is 1.42. The van der Waals surface area contributed by atoms with Crippen LogP contribution in [0.1, 0.15) is 17.4 Å². The fourth-order valence-corrected chi connectivity index (χ4v) is 2.35. The molecule has 0 aliphatic carbocycles. The Bertz CT molecular complexity index is 808. The summed E-state index contributed by atoms with van der Waals surface area (Å²) in [6.07, 6.45) is 0. The quantitative estimate of drug-likeness (QED) is 0.769. The van der Waals surface area contributed by atoms with Crippen molar-refractivity contribution in [1.29, 1.82) is 0 Å². The molecule has 0 bridgehead atoms. The van der Waals surface area contributed by atoms with Gasteiger partial charge >= 0.3 is 5.97 Å². The number of rotatable bonds is 4. The van der Waals surface area contributed by atoms with Gasteiger partial charge in [0.15, 0.2) is 0 Å². The number of fused-ring (bicyclic) bond motifs is 1. The predicted octanol–water partition coefficient (Wildman–Crippen LogP) is 3.33. The average Bonchev–Trinajstić information content (AvgIpc) is 2.97. The van der Waals surface area contributed by atoms with E-state index in [2.05, 4.69) is 10.2 Å². The zero-order valence-corrected chi connectivity index (χ0v) is 11.5. The van der Waals surface area contributed by atoms with Crippen LogP contribution in [0.2, 0.25) is 0 Å². The Morgan fingerprint density at radius 2 is 2.10 bits per heavy atom. The number of hydrogen-bond donors (Lipinski definition) is 2. The summed E-state index contributed by atoms with van der Waals surface area (Å²) < 4.78 is 5.67. The summed E-state index contributed by atoms with van der Waals surface area (Å²) in [5.74, 6) is -0.341. The molecule has 0 saturated carbocycles. The van der Waals surface area contributed by atoms with Crippen molar-refractivity contribution in [2.45, 2.75) is 6.92 Å². The largest absolute Gasteiger partial charge is 0.493 e. The van der Waals surface area contributed by atoms with Crippen LogP contribution in [0.25, 0.3) is 22.0 Å². The first-order valence-electron chi connectivity index (χ1n) is 6.64. The maximum absolute atomic E-state index is 11.0. The molecule has 21 heavy (non-hydrogen) atoms. The average molecular weight is 282 g/mol. The molecule has 3 aromatic rings. The minimum Gasteiger partial charge on any atom is -0.493 e. The molecular weight excluding hydrogens is 268 g/mol. The second kappa shape index (κ2) is 5.28. The van der Waals surface area contributed by atoms with Crippen molar-refractivity contribution in [3.63, 3.8) is 0 Å². The molecule has 3 rings (SSSR count). The summed E-state index contributed by atoms with van der Waals surface area (Å²) in [6.45, 7) is 2.44. The lowest BCUT2D eigenvalue weighted by atomic mass is 10.0. The molecule has 5 heteroatoms. The number of carboxylic acids is 1. The summed E-state index contributed by atoms with van der Waals surface area (Å²) >= 11 is 0. The second-order valence-electron chi connectivity index (χ2n) is 4.56. The highest BCUT2D eigenvalue weighted by Crippen LogP contribution is 2.36. The maximum atomic E-state index is 11.0. The number of benzene rings is 2. The molecule has 2 N–H and O–H groups in total. The highest BCUT2D eigenvalue weighted by molar-refractivity contribution is 5.99. The van der Waals surface area contributed by atoms with Crippen molar-refractivity contribution in [2.24, 2.45) is 0 Å².